The molecule has 1 aromatic carbocycles. The number of piperidine rings is 1. The van der Waals surface area contributed by atoms with Gasteiger partial charge in [-0.2, -0.15) is 0 Å². The summed E-state index contributed by atoms with van der Waals surface area (Å²) < 4.78 is 5.25. The number of amides is 1. The molecule has 6 heteroatoms. The van der Waals surface area contributed by atoms with Gasteiger partial charge in [-0.3, -0.25) is 9.69 Å². The summed E-state index contributed by atoms with van der Waals surface area (Å²) in [6.45, 7) is 5.55. The number of aromatic nitrogens is 1. The number of nitrogens with one attached hydrogen (secondary N) is 1. The number of rotatable bonds is 6. The first-order valence-electron chi connectivity index (χ1n) is 8.87. The number of carbonyl (C=O) groups excluding carboxylic acids is 1. The number of nitrogens with zero attached hydrogens (tertiary/aromatic N) is 2. The Hall–Kier alpha value is -1.85. The van der Waals surface area contributed by atoms with Crippen LogP contribution in [0.3, 0.4) is 0 Å². The summed E-state index contributed by atoms with van der Waals surface area (Å²) in [6, 6.07) is 9.78. The van der Waals surface area contributed by atoms with Crippen LogP contribution < -0.4 is 5.32 Å². The molecular formula is C19H24ClN3O2. The number of benzene rings is 1. The lowest BCUT2D eigenvalue weighted by molar-refractivity contribution is 0.0916. The van der Waals surface area contributed by atoms with Crippen LogP contribution in [0.1, 0.15) is 53.9 Å². The van der Waals surface area contributed by atoms with Crippen LogP contribution in [0.4, 0.5) is 0 Å². The van der Waals surface area contributed by atoms with Crippen molar-refractivity contribution in [2.24, 2.45) is 0 Å². The summed E-state index contributed by atoms with van der Waals surface area (Å²) in [5, 5.41) is 7.72. The molecule has 134 valence electrons. The summed E-state index contributed by atoms with van der Waals surface area (Å²) in [7, 11) is 0. The van der Waals surface area contributed by atoms with E-state index in [4.69, 9.17) is 16.1 Å². The first-order valence-corrected chi connectivity index (χ1v) is 9.25. The van der Waals surface area contributed by atoms with Crippen molar-refractivity contribution >= 4 is 17.5 Å². The molecular weight excluding hydrogens is 338 g/mol. The van der Waals surface area contributed by atoms with Gasteiger partial charge in [0.25, 0.3) is 5.91 Å². The zero-order chi connectivity index (χ0) is 17.6. The second kappa shape index (κ2) is 8.50. The third-order valence-electron chi connectivity index (χ3n) is 4.53. The van der Waals surface area contributed by atoms with Gasteiger partial charge in [0.2, 0.25) is 5.76 Å². The highest BCUT2D eigenvalue weighted by atomic mass is 35.5. The molecule has 5 nitrogen and oxygen atoms in total. The van der Waals surface area contributed by atoms with Crippen LogP contribution in [0.5, 0.6) is 0 Å². The van der Waals surface area contributed by atoms with Crippen molar-refractivity contribution in [2.45, 2.75) is 38.6 Å². The zero-order valence-corrected chi connectivity index (χ0v) is 15.3. The summed E-state index contributed by atoms with van der Waals surface area (Å²) in [5.74, 6) is 0.422. The minimum atomic E-state index is -0.186. The van der Waals surface area contributed by atoms with Crippen LogP contribution in [-0.4, -0.2) is 35.6 Å². The van der Waals surface area contributed by atoms with Crippen molar-refractivity contribution in [2.75, 3.05) is 19.6 Å². The van der Waals surface area contributed by atoms with Crippen LogP contribution >= 0.6 is 11.6 Å². The van der Waals surface area contributed by atoms with Crippen molar-refractivity contribution in [3.8, 4) is 0 Å². The Labute approximate surface area is 153 Å². The normalized spacial score (nSPS) is 18.2. The summed E-state index contributed by atoms with van der Waals surface area (Å²) in [6.07, 6.45) is 3.08. The number of carbonyl (C=O) groups is 1. The van der Waals surface area contributed by atoms with E-state index in [0.29, 0.717) is 18.2 Å². The Balaban J connectivity index is 1.60. The lowest BCUT2D eigenvalue weighted by atomic mass is 9.94. The number of hydrogen-bond donors (Lipinski definition) is 1. The van der Waals surface area contributed by atoms with Crippen molar-refractivity contribution in [3.05, 3.63) is 52.4 Å². The molecule has 1 N–H and O–H groups in total. The molecule has 1 aliphatic heterocycles. The Kier molecular flexibility index (Phi) is 6.10. The van der Waals surface area contributed by atoms with Gasteiger partial charge in [0.15, 0.2) is 0 Å². The minimum absolute atomic E-state index is 0.186. The van der Waals surface area contributed by atoms with E-state index in [0.717, 1.165) is 49.6 Å². The molecule has 25 heavy (non-hydrogen) atoms. The predicted octanol–water partition coefficient (Wildman–Crippen LogP) is 3.85. The fraction of sp³-hybridized carbons (Fsp3) is 0.474. The van der Waals surface area contributed by atoms with Gasteiger partial charge in [-0.25, -0.2) is 0 Å². The maximum atomic E-state index is 12.0. The quantitative estimate of drug-likeness (QED) is 0.849. The van der Waals surface area contributed by atoms with Crippen LogP contribution in [0.2, 0.25) is 5.02 Å². The standard InChI is InChI=1S/C19H24ClN3O2/c1-2-9-21-19(24)18-11-17(22-25-18)15-4-3-10-23(13-15)12-14-5-7-16(20)8-6-14/h5-8,11,15H,2-4,9-10,12-13H2,1H3,(H,21,24)/t15-/m1/s1. The van der Waals surface area contributed by atoms with Crippen LogP contribution in [-0.2, 0) is 6.54 Å². The molecule has 1 aliphatic rings. The summed E-state index contributed by atoms with van der Waals surface area (Å²) >= 11 is 5.95. The largest absolute Gasteiger partial charge is 0.351 e. The second-order valence-corrected chi connectivity index (χ2v) is 7.01. The lowest BCUT2D eigenvalue weighted by Gasteiger charge is -2.31. The van der Waals surface area contributed by atoms with E-state index >= 15 is 0 Å². The molecule has 1 saturated heterocycles. The van der Waals surface area contributed by atoms with E-state index < -0.39 is 0 Å². The molecule has 0 unspecified atom stereocenters. The Morgan fingerprint density at radius 1 is 1.40 bits per heavy atom. The van der Waals surface area contributed by atoms with E-state index in [9.17, 15) is 4.79 Å². The van der Waals surface area contributed by atoms with Gasteiger partial charge >= 0.3 is 0 Å². The lowest BCUT2D eigenvalue weighted by Crippen LogP contribution is -2.34. The van der Waals surface area contributed by atoms with Crippen molar-refractivity contribution in [3.63, 3.8) is 0 Å². The average molecular weight is 362 g/mol. The van der Waals surface area contributed by atoms with E-state index in [1.165, 1.54) is 5.56 Å². The maximum Gasteiger partial charge on any atom is 0.289 e. The highest BCUT2D eigenvalue weighted by molar-refractivity contribution is 6.30. The highest BCUT2D eigenvalue weighted by Crippen LogP contribution is 2.27. The summed E-state index contributed by atoms with van der Waals surface area (Å²) in [4.78, 5) is 14.4. The van der Waals surface area contributed by atoms with Gasteiger partial charge in [0.05, 0.1) is 5.69 Å². The molecule has 1 atom stereocenters. The number of halogens is 1. The Morgan fingerprint density at radius 3 is 2.96 bits per heavy atom. The van der Waals surface area contributed by atoms with Crippen molar-refractivity contribution < 1.29 is 9.32 Å². The molecule has 1 aromatic heterocycles. The number of hydrogen-bond acceptors (Lipinski definition) is 4. The topological polar surface area (TPSA) is 58.4 Å². The monoisotopic (exact) mass is 361 g/mol. The van der Waals surface area contributed by atoms with Gasteiger partial charge < -0.3 is 9.84 Å². The highest BCUT2D eigenvalue weighted by Gasteiger charge is 2.25. The number of likely N-dealkylation sites (tertiary alicyclic amines) is 1. The van der Waals surface area contributed by atoms with Crippen molar-refractivity contribution in [1.29, 1.82) is 0 Å². The SMILES string of the molecule is CCCNC(=O)c1cc([C@@H]2CCCN(Cc3ccc(Cl)cc3)C2)no1. The zero-order valence-electron chi connectivity index (χ0n) is 14.5. The fourth-order valence-electron chi connectivity index (χ4n) is 3.20. The Bertz CT molecular complexity index is 699. The molecule has 0 aliphatic carbocycles. The first-order chi connectivity index (χ1) is 12.2. The van der Waals surface area contributed by atoms with E-state index in [-0.39, 0.29) is 5.91 Å². The smallest absolute Gasteiger partial charge is 0.289 e. The van der Waals surface area contributed by atoms with Gasteiger partial charge in [-0.1, -0.05) is 35.8 Å². The molecule has 0 spiro atoms. The maximum absolute atomic E-state index is 12.0. The molecule has 2 aromatic rings. The van der Waals surface area contributed by atoms with E-state index in [1.807, 2.05) is 19.1 Å². The van der Waals surface area contributed by atoms with Gasteiger partial charge in [0.1, 0.15) is 0 Å². The third kappa shape index (κ3) is 4.83. The van der Waals surface area contributed by atoms with Crippen LogP contribution in [0.25, 0.3) is 0 Å². The molecule has 3 rings (SSSR count). The van der Waals surface area contributed by atoms with Crippen LogP contribution in [0.15, 0.2) is 34.9 Å². The summed E-state index contributed by atoms with van der Waals surface area (Å²) in [5.41, 5.74) is 2.13. The molecule has 0 bridgehead atoms. The van der Waals surface area contributed by atoms with Gasteiger partial charge in [0, 0.05) is 36.6 Å². The predicted molar refractivity (Wildman–Crippen MR) is 97.8 cm³/mol. The molecule has 0 radical (unpaired) electrons. The van der Waals surface area contributed by atoms with Crippen LogP contribution in [0, 0.1) is 0 Å². The average Bonchev–Trinajstić information content (AvgIpc) is 3.12. The third-order valence-corrected chi connectivity index (χ3v) is 4.78. The molecule has 2 heterocycles. The van der Waals surface area contributed by atoms with E-state index in [1.54, 1.807) is 6.07 Å². The van der Waals surface area contributed by atoms with Gasteiger partial charge in [-0.05, 0) is 43.5 Å². The van der Waals surface area contributed by atoms with Gasteiger partial charge in [-0.15, -0.1) is 0 Å². The minimum Gasteiger partial charge on any atom is -0.351 e. The van der Waals surface area contributed by atoms with Crippen molar-refractivity contribution in [1.82, 2.24) is 15.4 Å². The van der Waals surface area contributed by atoms with E-state index in [2.05, 4.69) is 27.5 Å². The molecule has 1 fully saturated rings. The Morgan fingerprint density at radius 2 is 2.20 bits per heavy atom. The molecule has 1 amide bonds. The molecule has 0 saturated carbocycles. The second-order valence-electron chi connectivity index (χ2n) is 6.57. The fourth-order valence-corrected chi connectivity index (χ4v) is 3.33. The first kappa shape index (κ1) is 18.0.